The number of alkyl halides is 2. The maximum Gasteiger partial charge on any atom is 0.267 e. The van der Waals surface area contributed by atoms with Crippen LogP contribution in [0.1, 0.15) is 178 Å². The van der Waals surface area contributed by atoms with Gasteiger partial charge in [0.05, 0.1) is 44.3 Å². The molecule has 0 aromatic heterocycles. The summed E-state index contributed by atoms with van der Waals surface area (Å²) in [5.41, 5.74) is 2.00. The summed E-state index contributed by atoms with van der Waals surface area (Å²) in [6.07, 6.45) is 22.9. The summed E-state index contributed by atoms with van der Waals surface area (Å²) in [6.45, 7) is 4.42. The Bertz CT molecular complexity index is 3340. The Morgan fingerprint density at radius 3 is 1.11 bits per heavy atom. The minimum Gasteiger partial charge on any atom is -0.272 e. The highest BCUT2D eigenvalue weighted by Crippen LogP contribution is 2.51. The Kier molecular flexibility index (Phi) is 25.9. The Balaban J connectivity index is 1.22. The number of unbranched alkanes of at least 4 members (excludes halogenated alkanes) is 18. The van der Waals surface area contributed by atoms with Crippen molar-refractivity contribution in [3.8, 4) is 0 Å². The van der Waals surface area contributed by atoms with Crippen molar-refractivity contribution in [3.63, 3.8) is 0 Å². The molecule has 9 rings (SSSR count). The number of hydrazone groups is 2. The summed E-state index contributed by atoms with van der Waals surface area (Å²) in [7, 11) is 0. The number of hydrazine groups is 2. The first-order chi connectivity index (χ1) is 44.3. The molecule has 490 valence electrons. The lowest BCUT2D eigenvalue weighted by atomic mass is 9.74. The molecule has 0 radical (unpaired) electrons. The second-order valence-electron chi connectivity index (χ2n) is 23.9. The first-order valence-corrected chi connectivity index (χ1v) is 35.5. The molecular weight excluding hydrogens is 1360 g/mol. The van der Waals surface area contributed by atoms with Crippen molar-refractivity contribution in [2.24, 2.45) is 22.0 Å². The summed E-state index contributed by atoms with van der Waals surface area (Å²) in [5, 5.41) is 13.4. The van der Waals surface area contributed by atoms with Gasteiger partial charge in [-0.15, -0.1) is 33.4 Å². The van der Waals surface area contributed by atoms with E-state index in [9.17, 15) is 19.2 Å². The zero-order chi connectivity index (χ0) is 65.8. The number of carbonyl (C=O) groups is 6. The average Bonchev–Trinajstić information content (AvgIpc) is 1.55. The van der Waals surface area contributed by atoms with Gasteiger partial charge in [-0.05, 0) is 97.0 Å². The zero-order valence-corrected chi connectivity index (χ0v) is 58.3. The van der Waals surface area contributed by atoms with Gasteiger partial charge in [-0.25, -0.2) is 10.0 Å². The molecule has 0 bridgehead atoms. The summed E-state index contributed by atoms with van der Waals surface area (Å²) >= 11 is 62.0. The Labute approximate surface area is 584 Å². The van der Waals surface area contributed by atoms with E-state index in [1.807, 2.05) is 24.3 Å². The molecule has 14 nitrogen and oxygen atoms in total. The van der Waals surface area contributed by atoms with Crippen LogP contribution < -0.4 is 20.0 Å². The van der Waals surface area contributed by atoms with Crippen LogP contribution in [0, 0.1) is 11.8 Å². The van der Waals surface area contributed by atoms with Gasteiger partial charge >= 0.3 is 0 Å². The van der Waals surface area contributed by atoms with Crippen LogP contribution in [0.3, 0.4) is 0 Å². The number of amidine groups is 2. The molecule has 4 atom stereocenters. The van der Waals surface area contributed by atoms with Gasteiger partial charge in [-0.2, -0.15) is 20.0 Å². The third-order valence-corrected chi connectivity index (χ3v) is 19.8. The molecule has 5 aromatic carbocycles. The number of imide groups is 2. The van der Waals surface area contributed by atoms with Gasteiger partial charge in [0.2, 0.25) is 0 Å². The van der Waals surface area contributed by atoms with E-state index in [0.29, 0.717) is 12.8 Å². The Morgan fingerprint density at radius 1 is 0.424 bits per heavy atom. The van der Waals surface area contributed by atoms with Gasteiger partial charge in [-0.3, -0.25) is 28.8 Å². The number of hydrogen-bond acceptors (Lipinski definition) is 10. The normalized spacial score (nSPS) is 18.7. The topological polar surface area (TPSA) is 147 Å². The fraction of sp³-hybridized carbons (Fsp3) is 0.449. The largest absolute Gasteiger partial charge is 0.272 e. The maximum atomic E-state index is 16.6. The molecule has 4 aliphatic rings. The van der Waals surface area contributed by atoms with Crippen LogP contribution in [0.25, 0.3) is 0 Å². The van der Waals surface area contributed by atoms with Gasteiger partial charge in [0.1, 0.15) is 34.0 Å². The molecule has 4 heterocycles. The summed E-state index contributed by atoms with van der Waals surface area (Å²) in [6, 6.07) is 26.3. The van der Waals surface area contributed by atoms with Crippen molar-refractivity contribution in [3.05, 3.63) is 149 Å². The SMILES string of the molecule is CCCCCCCCCCCCc1cccc(N(C2=NN(c3c(Cl)cc(Cl)cc3Cl)C(=O)C2C(c2ccccc2Cl)C2C(=O)N(c3c(Cl)cc(Cl)cc3Cl)N=C2N(c2cccc(CCCCCCCCCCCC)c2)N2C(=O)CC(Cl)C2=O)N2C(=O)CC(Cl)C2=O)c1. The summed E-state index contributed by atoms with van der Waals surface area (Å²) in [4.78, 5) is 92.0. The molecule has 2 saturated heterocycles. The van der Waals surface area contributed by atoms with E-state index in [-0.39, 0.29) is 75.1 Å². The van der Waals surface area contributed by atoms with Crippen LogP contribution in [0.5, 0.6) is 0 Å². The number of rotatable bonds is 31. The molecule has 23 heteroatoms. The highest BCUT2D eigenvalue weighted by molar-refractivity contribution is 6.45. The quantitative estimate of drug-likeness (QED) is 0.0242. The monoisotopic (exact) mass is 1430 g/mol. The molecule has 0 spiro atoms. The molecule has 0 N–H and O–H groups in total. The molecule has 6 amide bonds. The van der Waals surface area contributed by atoms with Crippen molar-refractivity contribution >= 4 is 174 Å². The number of nitrogens with zero attached hydrogens (tertiary/aromatic N) is 8. The molecule has 92 heavy (non-hydrogen) atoms. The van der Waals surface area contributed by atoms with Gasteiger partial charge in [0.15, 0.2) is 11.7 Å². The van der Waals surface area contributed by atoms with Crippen LogP contribution in [0.15, 0.2) is 107 Å². The summed E-state index contributed by atoms with van der Waals surface area (Å²) < 4.78 is 0. The van der Waals surface area contributed by atoms with Crippen molar-refractivity contribution in [2.45, 2.75) is 185 Å². The molecule has 4 aliphatic heterocycles. The first-order valence-electron chi connectivity index (χ1n) is 32.0. The molecular formula is C69H75Cl9N8O6. The number of aryl methyl sites for hydroxylation is 2. The van der Waals surface area contributed by atoms with Crippen molar-refractivity contribution in [2.75, 3.05) is 20.0 Å². The van der Waals surface area contributed by atoms with Gasteiger partial charge in [0, 0.05) is 21.0 Å². The number of benzene rings is 5. The van der Waals surface area contributed by atoms with E-state index in [0.717, 1.165) is 82.5 Å². The zero-order valence-electron chi connectivity index (χ0n) is 51.5. The smallest absolute Gasteiger partial charge is 0.267 e. The third-order valence-electron chi connectivity index (χ3n) is 17.2. The van der Waals surface area contributed by atoms with Crippen LogP contribution in [0.4, 0.5) is 22.7 Å². The van der Waals surface area contributed by atoms with Crippen molar-refractivity contribution in [1.82, 2.24) is 10.0 Å². The standard InChI is InChI=1S/C69H75Cl9N8O6/c1-3-5-7-9-11-13-15-17-19-21-27-43-29-25-31-47(35-43)83(85-57(87)41-55(77)66(85)89)64-60(68(91)81(79-64)62-51(73)37-45(70)38-52(62)74)59(49-33-23-24-34-50(49)72)61-65(80-82(69(61)92)63-53(75)39-46(71)40-54(63)76)84(86-58(88)42-56(78)67(86)90)48-32-26-30-44(36-48)28-22-20-18-16-14-12-10-8-6-4-2/h23-26,29-40,55-56,59-61H,3-22,27-28,41-42H2,1-2H3. The van der Waals surface area contributed by atoms with Crippen LogP contribution in [0.2, 0.25) is 35.2 Å². The second-order valence-corrected chi connectivity index (χ2v) is 27.9. The van der Waals surface area contributed by atoms with Gasteiger partial charge in [-0.1, -0.05) is 253 Å². The lowest BCUT2D eigenvalue weighted by molar-refractivity contribution is -0.139. The fourth-order valence-corrected chi connectivity index (χ4v) is 15.3. The van der Waals surface area contributed by atoms with E-state index in [1.165, 1.54) is 111 Å². The lowest BCUT2D eigenvalue weighted by Crippen LogP contribution is -2.56. The van der Waals surface area contributed by atoms with E-state index in [4.69, 9.17) is 115 Å². The number of halogens is 9. The highest BCUT2D eigenvalue weighted by atomic mass is 35.5. The fourth-order valence-electron chi connectivity index (χ4n) is 12.6. The highest BCUT2D eigenvalue weighted by Gasteiger charge is 2.59. The second kappa shape index (κ2) is 33.5. The molecule has 4 unspecified atom stereocenters. The predicted molar refractivity (Wildman–Crippen MR) is 375 cm³/mol. The molecule has 2 fully saturated rings. The van der Waals surface area contributed by atoms with Crippen LogP contribution >= 0.6 is 104 Å². The number of carbonyl (C=O) groups excluding carboxylic acids is 6. The Hall–Kier alpha value is -5.13. The maximum absolute atomic E-state index is 16.6. The van der Waals surface area contributed by atoms with E-state index in [2.05, 4.69) is 13.8 Å². The van der Waals surface area contributed by atoms with Crippen molar-refractivity contribution in [1.29, 1.82) is 0 Å². The number of anilines is 4. The van der Waals surface area contributed by atoms with E-state index in [1.54, 1.807) is 48.5 Å². The lowest BCUT2D eigenvalue weighted by Gasteiger charge is -2.39. The van der Waals surface area contributed by atoms with Crippen LogP contribution in [-0.2, 0) is 41.6 Å². The minimum absolute atomic E-state index is 0.0391. The number of hydrogen-bond donors (Lipinski definition) is 0. The van der Waals surface area contributed by atoms with Gasteiger partial charge < -0.3 is 0 Å². The van der Waals surface area contributed by atoms with Crippen molar-refractivity contribution < 1.29 is 28.8 Å². The minimum atomic E-state index is -1.82. The third kappa shape index (κ3) is 16.6. The Morgan fingerprint density at radius 2 is 0.772 bits per heavy atom. The number of amides is 6. The van der Waals surface area contributed by atoms with Crippen LogP contribution in [-0.4, -0.2) is 67.9 Å². The van der Waals surface area contributed by atoms with E-state index >= 15 is 9.59 Å². The first kappa shape index (κ1) is 71.2. The average molecular weight is 1430 g/mol. The van der Waals surface area contributed by atoms with E-state index < -0.39 is 76.8 Å². The molecule has 0 aliphatic carbocycles. The summed E-state index contributed by atoms with van der Waals surface area (Å²) in [5.74, 6) is -10.8. The van der Waals surface area contributed by atoms with Gasteiger partial charge in [0.25, 0.3) is 35.4 Å². The predicted octanol–water partition coefficient (Wildman–Crippen LogP) is 19.8. The molecule has 0 saturated carbocycles. The molecule has 5 aromatic rings.